The number of halogens is 1. The Hall–Kier alpha value is -2.44. The van der Waals surface area contributed by atoms with Gasteiger partial charge in [0.05, 0.1) is 17.9 Å². The lowest BCUT2D eigenvalue weighted by atomic mass is 9.77. The zero-order chi connectivity index (χ0) is 22.9. The van der Waals surface area contributed by atoms with Crippen molar-refractivity contribution in [1.82, 2.24) is 0 Å². The van der Waals surface area contributed by atoms with Crippen LogP contribution in [0.25, 0.3) is 0 Å². The van der Waals surface area contributed by atoms with Gasteiger partial charge >= 0.3 is 0 Å². The van der Waals surface area contributed by atoms with Crippen LogP contribution in [0.5, 0.6) is 5.75 Å². The Kier molecular flexibility index (Phi) is 6.54. The van der Waals surface area contributed by atoms with Crippen molar-refractivity contribution in [3.63, 3.8) is 0 Å². The molecule has 0 spiro atoms. The minimum atomic E-state index is -1.35. The summed E-state index contributed by atoms with van der Waals surface area (Å²) < 4.78 is 26.5. The number of ether oxygens (including phenoxy) is 2. The minimum Gasteiger partial charge on any atom is -0.482 e. The summed E-state index contributed by atoms with van der Waals surface area (Å²) in [5.74, 6) is 0.452. The molecule has 2 heterocycles. The maximum Gasteiger partial charge on any atom is 0.269 e. The lowest BCUT2D eigenvalue weighted by Gasteiger charge is -2.30. The summed E-state index contributed by atoms with van der Waals surface area (Å²) in [5, 5.41) is 9.37. The molecule has 4 atom stereocenters. The van der Waals surface area contributed by atoms with Crippen molar-refractivity contribution in [2.75, 3.05) is 18.1 Å². The van der Waals surface area contributed by atoms with Crippen LogP contribution < -0.4 is 9.64 Å². The highest BCUT2D eigenvalue weighted by Gasteiger charge is 2.48. The molecule has 0 bridgehead atoms. The van der Waals surface area contributed by atoms with E-state index in [-0.39, 0.29) is 43.2 Å². The maximum absolute atomic E-state index is 14.8. The average molecular weight is 442 g/mol. The van der Waals surface area contributed by atoms with Gasteiger partial charge in [0.15, 0.2) is 6.61 Å². The van der Waals surface area contributed by atoms with E-state index in [0.29, 0.717) is 12.2 Å². The molecule has 0 radical (unpaired) electrons. The Morgan fingerprint density at radius 3 is 2.50 bits per heavy atom. The molecule has 0 unspecified atom stereocenters. The Morgan fingerprint density at radius 2 is 1.81 bits per heavy atom. The van der Waals surface area contributed by atoms with Crippen LogP contribution in [0.15, 0.2) is 48.5 Å². The zero-order valence-electron chi connectivity index (χ0n) is 19.0. The highest BCUT2D eigenvalue weighted by atomic mass is 19.1. The summed E-state index contributed by atoms with van der Waals surface area (Å²) >= 11 is 0. The molecule has 172 valence electrons. The first-order valence-electron chi connectivity index (χ1n) is 11.4. The summed E-state index contributed by atoms with van der Waals surface area (Å²) in [5.41, 5.74) is 1.35. The van der Waals surface area contributed by atoms with E-state index in [1.54, 1.807) is 18.7 Å². The van der Waals surface area contributed by atoms with E-state index < -0.39 is 5.67 Å². The molecule has 6 heteroatoms. The third-order valence-corrected chi connectivity index (χ3v) is 6.73. The summed E-state index contributed by atoms with van der Waals surface area (Å²) in [6.45, 7) is 5.29. The first kappa shape index (κ1) is 22.7. The number of anilines is 2. The quantitative estimate of drug-likeness (QED) is 0.669. The van der Waals surface area contributed by atoms with Gasteiger partial charge in [-0.15, -0.1) is 0 Å². The molecule has 4 rings (SSSR count). The predicted molar refractivity (Wildman–Crippen MR) is 122 cm³/mol. The number of alkyl halides is 1. The van der Waals surface area contributed by atoms with Gasteiger partial charge in [-0.2, -0.15) is 0 Å². The van der Waals surface area contributed by atoms with Crippen LogP contribution >= 0.6 is 0 Å². The van der Waals surface area contributed by atoms with Gasteiger partial charge in [0.2, 0.25) is 0 Å². The second-order valence-electron chi connectivity index (χ2n) is 9.37. The van der Waals surface area contributed by atoms with Gasteiger partial charge in [0.25, 0.3) is 5.91 Å². The third-order valence-electron chi connectivity index (χ3n) is 6.73. The first-order valence-corrected chi connectivity index (χ1v) is 11.4. The molecule has 1 N–H and O–H groups in total. The number of fused-ring (bicyclic) bond motifs is 1. The largest absolute Gasteiger partial charge is 0.482 e. The second-order valence-corrected chi connectivity index (χ2v) is 9.37. The van der Waals surface area contributed by atoms with Crippen molar-refractivity contribution in [1.29, 1.82) is 0 Å². The smallest absolute Gasteiger partial charge is 0.269 e. The van der Waals surface area contributed by atoms with Crippen molar-refractivity contribution < 1.29 is 23.8 Å². The second kappa shape index (κ2) is 9.20. The molecule has 1 fully saturated rings. The number of rotatable bonds is 7. The van der Waals surface area contributed by atoms with Crippen molar-refractivity contribution in [3.8, 4) is 5.75 Å². The molecule has 2 aromatic rings. The molecule has 0 aliphatic carbocycles. The van der Waals surface area contributed by atoms with Crippen molar-refractivity contribution in [3.05, 3.63) is 54.1 Å². The van der Waals surface area contributed by atoms with Gasteiger partial charge in [-0.3, -0.25) is 9.69 Å². The van der Waals surface area contributed by atoms with Crippen LogP contribution in [0.2, 0.25) is 0 Å². The summed E-state index contributed by atoms with van der Waals surface area (Å²) in [4.78, 5) is 14.2. The summed E-state index contributed by atoms with van der Waals surface area (Å²) in [6.07, 6.45) is 1.75. The SMILES string of the molecule is C[C@@H]1[C@@H](C(C)(C)F)[C@H](CCO)O[C@@H]1CCc1ccc(N2C(=O)COc3ccccc32)cc1. The van der Waals surface area contributed by atoms with Gasteiger partial charge in [-0.1, -0.05) is 31.2 Å². The molecule has 2 aromatic carbocycles. The van der Waals surface area contributed by atoms with Crippen LogP contribution in [0, 0.1) is 11.8 Å². The fourth-order valence-corrected chi connectivity index (χ4v) is 5.28. The molecular formula is C26H32FNO4. The minimum absolute atomic E-state index is 0.00153. The van der Waals surface area contributed by atoms with Crippen LogP contribution in [-0.2, 0) is 16.0 Å². The van der Waals surface area contributed by atoms with Gasteiger partial charge in [-0.25, -0.2) is 4.39 Å². The highest BCUT2D eigenvalue weighted by molar-refractivity contribution is 6.04. The molecule has 1 amide bonds. The number of nitrogens with zero attached hydrogens (tertiary/aromatic N) is 1. The van der Waals surface area contributed by atoms with E-state index in [9.17, 15) is 14.3 Å². The normalized spacial score (nSPS) is 25.5. The van der Waals surface area contributed by atoms with Crippen molar-refractivity contribution in [2.45, 2.75) is 57.9 Å². The maximum atomic E-state index is 14.8. The zero-order valence-corrected chi connectivity index (χ0v) is 19.0. The van der Waals surface area contributed by atoms with E-state index >= 15 is 0 Å². The van der Waals surface area contributed by atoms with Gasteiger partial charge < -0.3 is 14.6 Å². The number of para-hydroxylation sites is 2. The van der Waals surface area contributed by atoms with Crippen molar-refractivity contribution in [2.24, 2.45) is 11.8 Å². The van der Waals surface area contributed by atoms with E-state index in [0.717, 1.165) is 29.8 Å². The standard InChI is InChI=1S/C26H32FNO4/c1-17-21(32-23(14-15-29)25(17)26(2,3)27)13-10-18-8-11-19(12-9-18)28-20-6-4-5-7-22(20)31-16-24(28)30/h4-9,11-12,17,21,23,25,29H,10,13-16H2,1-3H3/t17-,21+,23-,25+/m0/s1. The van der Waals surface area contributed by atoms with E-state index in [4.69, 9.17) is 9.47 Å². The fraction of sp³-hybridized carbons (Fsp3) is 0.500. The number of carbonyl (C=O) groups is 1. The molecule has 1 saturated heterocycles. The highest BCUT2D eigenvalue weighted by Crippen LogP contribution is 2.44. The topological polar surface area (TPSA) is 59.0 Å². The van der Waals surface area contributed by atoms with Crippen LogP contribution in [-0.4, -0.2) is 42.1 Å². The van der Waals surface area contributed by atoms with Gasteiger partial charge in [-0.05, 0) is 68.9 Å². The van der Waals surface area contributed by atoms with Gasteiger partial charge in [0, 0.05) is 18.2 Å². The number of hydrogen-bond acceptors (Lipinski definition) is 4. The Balaban J connectivity index is 1.43. The lowest BCUT2D eigenvalue weighted by molar-refractivity contribution is -0.120. The Bertz CT molecular complexity index is 940. The van der Waals surface area contributed by atoms with E-state index in [1.807, 2.05) is 48.5 Å². The monoisotopic (exact) mass is 441 g/mol. The van der Waals surface area contributed by atoms with Gasteiger partial charge in [0.1, 0.15) is 11.4 Å². The number of aliphatic hydroxyl groups is 1. The average Bonchev–Trinajstić information content (AvgIpc) is 3.08. The predicted octanol–water partition coefficient (Wildman–Crippen LogP) is 4.83. The van der Waals surface area contributed by atoms with Crippen LogP contribution in [0.4, 0.5) is 15.8 Å². The third kappa shape index (κ3) is 4.52. The molecule has 5 nitrogen and oxygen atoms in total. The number of aryl methyl sites for hydroxylation is 1. The van der Waals surface area contributed by atoms with Crippen molar-refractivity contribution >= 4 is 17.3 Å². The van der Waals surface area contributed by atoms with E-state index in [1.165, 1.54) is 0 Å². The molecular weight excluding hydrogens is 409 g/mol. The van der Waals surface area contributed by atoms with Crippen LogP contribution in [0.3, 0.4) is 0 Å². The first-order chi connectivity index (χ1) is 15.3. The summed E-state index contributed by atoms with van der Waals surface area (Å²) in [6, 6.07) is 15.5. The molecule has 2 aliphatic heterocycles. The Labute approximate surface area is 189 Å². The number of carbonyl (C=O) groups excluding carboxylic acids is 1. The summed E-state index contributed by atoms with van der Waals surface area (Å²) in [7, 11) is 0. The molecule has 32 heavy (non-hydrogen) atoms. The number of hydrogen-bond donors (Lipinski definition) is 1. The molecule has 2 aliphatic rings. The number of benzene rings is 2. The lowest BCUT2D eigenvalue weighted by Crippen LogP contribution is -2.37. The number of amides is 1. The van der Waals surface area contributed by atoms with Crippen LogP contribution in [0.1, 0.15) is 39.2 Å². The molecule has 0 aromatic heterocycles. The Morgan fingerprint density at radius 1 is 1.09 bits per heavy atom. The number of aliphatic hydroxyl groups excluding tert-OH is 1. The van der Waals surface area contributed by atoms with E-state index in [2.05, 4.69) is 6.92 Å². The molecule has 0 saturated carbocycles. The fourth-order valence-electron chi connectivity index (χ4n) is 5.28.